The molecular formula is C17H15F2NO4. The molecule has 126 valence electrons. The number of benzene rings is 1. The number of rotatable bonds is 3. The molecule has 1 aromatic carbocycles. The topological polar surface area (TPSA) is 75.6 Å². The van der Waals surface area contributed by atoms with Gasteiger partial charge in [-0.25, -0.2) is 18.4 Å². The molecule has 0 spiro atoms. The maximum Gasteiger partial charge on any atom is 0.337 e. The van der Waals surface area contributed by atoms with Crippen molar-refractivity contribution in [1.82, 2.24) is 5.32 Å². The number of halogens is 2. The van der Waals surface area contributed by atoms with E-state index in [0.717, 1.165) is 6.07 Å². The zero-order valence-corrected chi connectivity index (χ0v) is 13.0. The molecule has 0 bridgehead atoms. The summed E-state index contributed by atoms with van der Waals surface area (Å²) in [4.78, 5) is 23.9. The number of hydrogen-bond donors (Lipinski definition) is 2. The van der Waals surface area contributed by atoms with Crippen molar-refractivity contribution in [3.05, 3.63) is 57.7 Å². The zero-order chi connectivity index (χ0) is 17.6. The van der Waals surface area contributed by atoms with Crippen LogP contribution in [0.4, 0.5) is 8.78 Å². The van der Waals surface area contributed by atoms with Gasteiger partial charge in [0.1, 0.15) is 18.6 Å². The van der Waals surface area contributed by atoms with Gasteiger partial charge in [0.2, 0.25) is 0 Å². The number of ether oxygens (including phenoxy) is 1. The fourth-order valence-electron chi connectivity index (χ4n) is 3.29. The molecule has 2 N–H and O–H groups in total. The molecular weight excluding hydrogens is 320 g/mol. The molecule has 5 nitrogen and oxygen atoms in total. The van der Waals surface area contributed by atoms with Gasteiger partial charge in [-0.15, -0.1) is 0 Å². The van der Waals surface area contributed by atoms with Crippen molar-refractivity contribution < 1.29 is 28.2 Å². The largest absolute Gasteiger partial charge is 0.478 e. The number of cyclic esters (lactones) is 1. The fraction of sp³-hybridized carbons (Fsp3) is 0.294. The number of aliphatic carboxylic acids is 1. The molecule has 2 heterocycles. The smallest absolute Gasteiger partial charge is 0.337 e. The second kappa shape index (κ2) is 5.74. The Balaban J connectivity index is 2.29. The molecule has 0 aromatic heterocycles. The van der Waals surface area contributed by atoms with E-state index < -0.39 is 29.8 Å². The normalized spacial score (nSPS) is 21.3. The van der Waals surface area contributed by atoms with Gasteiger partial charge in [-0.2, -0.15) is 0 Å². The Morgan fingerprint density at radius 2 is 2.17 bits per heavy atom. The Labute approximate surface area is 136 Å². The molecule has 0 amide bonds. The Morgan fingerprint density at radius 1 is 1.46 bits per heavy atom. The summed E-state index contributed by atoms with van der Waals surface area (Å²) in [6.07, 6.45) is -1.66. The lowest BCUT2D eigenvalue weighted by Gasteiger charge is -2.28. The highest BCUT2D eigenvalue weighted by molar-refractivity contribution is 6.00. The second-order valence-corrected chi connectivity index (χ2v) is 5.73. The molecule has 1 aromatic rings. The van der Waals surface area contributed by atoms with Crippen LogP contribution in [0, 0.1) is 5.82 Å². The molecule has 2 aliphatic heterocycles. The van der Waals surface area contributed by atoms with Gasteiger partial charge in [0, 0.05) is 11.3 Å². The predicted octanol–water partition coefficient (Wildman–Crippen LogP) is 2.71. The maximum absolute atomic E-state index is 14.2. The average molecular weight is 335 g/mol. The van der Waals surface area contributed by atoms with Gasteiger partial charge in [-0.3, -0.25) is 0 Å². The predicted molar refractivity (Wildman–Crippen MR) is 80.1 cm³/mol. The van der Waals surface area contributed by atoms with E-state index in [2.05, 4.69) is 5.32 Å². The van der Waals surface area contributed by atoms with Crippen molar-refractivity contribution in [2.75, 3.05) is 6.61 Å². The molecule has 7 heteroatoms. The summed E-state index contributed by atoms with van der Waals surface area (Å²) in [6.45, 7) is 2.69. The van der Waals surface area contributed by atoms with E-state index in [1.165, 1.54) is 19.1 Å². The second-order valence-electron chi connectivity index (χ2n) is 5.73. The lowest BCUT2D eigenvalue weighted by atomic mass is 9.78. The Hall–Kier alpha value is -2.70. The van der Waals surface area contributed by atoms with Crippen LogP contribution in [0.3, 0.4) is 0 Å². The quantitative estimate of drug-likeness (QED) is 0.831. The van der Waals surface area contributed by atoms with Crippen LogP contribution in [0.1, 0.15) is 37.1 Å². The number of carbonyl (C=O) groups excluding carboxylic acids is 1. The monoisotopic (exact) mass is 335 g/mol. The van der Waals surface area contributed by atoms with E-state index >= 15 is 0 Å². The molecule has 3 rings (SSSR count). The molecule has 0 radical (unpaired) electrons. The van der Waals surface area contributed by atoms with Gasteiger partial charge in [0.05, 0.1) is 22.8 Å². The van der Waals surface area contributed by atoms with Crippen molar-refractivity contribution in [3.8, 4) is 0 Å². The number of nitrogens with one attached hydrogen (secondary N) is 1. The molecule has 0 saturated carbocycles. The number of esters is 1. The summed E-state index contributed by atoms with van der Waals surface area (Å²) in [5.74, 6) is -3.82. The summed E-state index contributed by atoms with van der Waals surface area (Å²) in [5.41, 5.74) is 0.572. The highest BCUT2D eigenvalue weighted by Crippen LogP contribution is 2.44. The van der Waals surface area contributed by atoms with Crippen LogP contribution in [-0.2, 0) is 14.3 Å². The lowest BCUT2D eigenvalue weighted by Crippen LogP contribution is -2.30. The van der Waals surface area contributed by atoms with Crippen molar-refractivity contribution in [1.29, 1.82) is 0 Å². The van der Waals surface area contributed by atoms with Crippen LogP contribution >= 0.6 is 0 Å². The Morgan fingerprint density at radius 3 is 2.79 bits per heavy atom. The number of dihydropyridines is 1. The summed E-state index contributed by atoms with van der Waals surface area (Å²) in [5, 5.41) is 12.4. The highest BCUT2D eigenvalue weighted by Gasteiger charge is 2.42. The first-order valence-electron chi connectivity index (χ1n) is 7.36. The van der Waals surface area contributed by atoms with Crippen LogP contribution in [0.25, 0.3) is 0 Å². The van der Waals surface area contributed by atoms with E-state index in [4.69, 9.17) is 4.74 Å². The van der Waals surface area contributed by atoms with Crippen LogP contribution in [0.2, 0.25) is 0 Å². The van der Waals surface area contributed by atoms with Gasteiger partial charge >= 0.3 is 11.9 Å². The minimum Gasteiger partial charge on any atom is -0.478 e. The van der Waals surface area contributed by atoms with E-state index in [1.54, 1.807) is 6.92 Å². The first-order valence-corrected chi connectivity index (χ1v) is 7.36. The number of carboxylic acid groups (broad SMARTS) is 1. The van der Waals surface area contributed by atoms with E-state index in [0.29, 0.717) is 11.4 Å². The standard InChI is InChI=1S/C17H15F2NO4/c1-7(18)12-9(4-3-5-10(12)19)14-13(16(21)22)8(2)20-11-6-24-17(23)15(11)14/h3-5,7,14,20H,6H2,1-2H3,(H,21,22)/t7-,14?/m0/s1. The minimum atomic E-state index is -1.66. The third-order valence-electron chi connectivity index (χ3n) is 4.24. The average Bonchev–Trinajstić information content (AvgIpc) is 2.85. The lowest BCUT2D eigenvalue weighted by molar-refractivity contribution is -0.136. The van der Waals surface area contributed by atoms with Crippen molar-refractivity contribution in [3.63, 3.8) is 0 Å². The number of hydrogen-bond acceptors (Lipinski definition) is 4. The number of carbonyl (C=O) groups is 2. The van der Waals surface area contributed by atoms with Crippen LogP contribution < -0.4 is 5.32 Å². The van der Waals surface area contributed by atoms with E-state index in [-0.39, 0.29) is 28.9 Å². The van der Waals surface area contributed by atoms with Gasteiger partial charge in [-0.05, 0) is 25.5 Å². The molecule has 1 unspecified atom stereocenters. The number of allylic oxidation sites excluding steroid dienone is 1. The zero-order valence-electron chi connectivity index (χ0n) is 13.0. The van der Waals surface area contributed by atoms with Gasteiger partial charge in [-0.1, -0.05) is 12.1 Å². The third-order valence-corrected chi connectivity index (χ3v) is 4.24. The molecule has 24 heavy (non-hydrogen) atoms. The van der Waals surface area contributed by atoms with Gasteiger partial charge < -0.3 is 15.2 Å². The Bertz CT molecular complexity index is 809. The molecule has 2 aliphatic rings. The van der Waals surface area contributed by atoms with E-state index in [1.807, 2.05) is 0 Å². The molecule has 0 fully saturated rings. The van der Waals surface area contributed by atoms with Crippen molar-refractivity contribution in [2.45, 2.75) is 25.9 Å². The Kier molecular flexibility index (Phi) is 3.87. The van der Waals surface area contributed by atoms with Gasteiger partial charge in [0.15, 0.2) is 0 Å². The van der Waals surface area contributed by atoms with Crippen molar-refractivity contribution >= 4 is 11.9 Å². The first kappa shape index (κ1) is 16.2. The number of carboxylic acids is 1. The van der Waals surface area contributed by atoms with Crippen LogP contribution in [0.5, 0.6) is 0 Å². The van der Waals surface area contributed by atoms with Crippen LogP contribution in [0.15, 0.2) is 40.7 Å². The molecule has 2 atom stereocenters. The summed E-state index contributed by atoms with van der Waals surface area (Å²) >= 11 is 0. The summed E-state index contributed by atoms with van der Waals surface area (Å²) < 4.78 is 33.2. The van der Waals surface area contributed by atoms with E-state index in [9.17, 15) is 23.5 Å². The summed E-state index contributed by atoms with van der Waals surface area (Å²) in [7, 11) is 0. The molecule has 0 aliphatic carbocycles. The SMILES string of the molecule is CC1=C(C(=O)O)C(c2cccc(F)c2[C@H](C)F)C2=C(COC2=O)N1. The third kappa shape index (κ3) is 2.36. The highest BCUT2D eigenvalue weighted by atomic mass is 19.1. The van der Waals surface area contributed by atoms with Gasteiger partial charge in [0.25, 0.3) is 0 Å². The van der Waals surface area contributed by atoms with Crippen LogP contribution in [-0.4, -0.2) is 23.7 Å². The number of alkyl halides is 1. The fourth-order valence-corrected chi connectivity index (χ4v) is 3.29. The molecule has 0 saturated heterocycles. The van der Waals surface area contributed by atoms with Crippen molar-refractivity contribution in [2.24, 2.45) is 0 Å². The summed E-state index contributed by atoms with van der Waals surface area (Å²) in [6, 6.07) is 3.92. The first-order chi connectivity index (χ1) is 11.3. The minimum absolute atomic E-state index is 0.0231. The maximum atomic E-state index is 14.2.